The molecule has 1 aromatic heterocycles. The second-order valence-corrected chi connectivity index (χ2v) is 9.28. The highest BCUT2D eigenvalue weighted by Gasteiger charge is 2.22. The van der Waals surface area contributed by atoms with Crippen molar-refractivity contribution in [2.45, 2.75) is 77.0 Å². The molecule has 0 unspecified atom stereocenters. The molecule has 2 aromatic carbocycles. The third-order valence-corrected chi connectivity index (χ3v) is 6.53. The molecular weight excluding hydrogens is 464 g/mol. The number of unbranched alkanes of at least 4 members (excludes halogenated alkanes) is 10. The van der Waals surface area contributed by atoms with E-state index in [4.69, 9.17) is 9.52 Å². The monoisotopic (exact) mass is 500 g/mol. The van der Waals surface area contributed by atoms with Crippen molar-refractivity contribution < 1.29 is 35.1 Å². The minimum Gasteiger partial charge on any atom is -0.504 e. The summed E-state index contributed by atoms with van der Waals surface area (Å²) in [6.45, 7) is 0.278. The van der Waals surface area contributed by atoms with E-state index >= 15 is 0 Å². The number of hydrogen-bond donors (Lipinski definition) is 6. The molecule has 0 atom stereocenters. The predicted molar refractivity (Wildman–Crippen MR) is 138 cm³/mol. The number of hydrogen-bond acceptors (Lipinski definition) is 8. The smallest absolute Gasteiger partial charge is 0.235 e. The molecule has 36 heavy (non-hydrogen) atoms. The number of phenolic OH excluding ortho intramolecular Hbond substituents is 4. The number of aliphatic hydroxyl groups is 1. The van der Waals surface area contributed by atoms with E-state index in [1.54, 1.807) is 0 Å². The Bertz CT molecular complexity index is 1210. The van der Waals surface area contributed by atoms with Crippen LogP contribution in [-0.4, -0.2) is 37.2 Å². The Kier molecular flexibility index (Phi) is 9.87. The van der Waals surface area contributed by atoms with Gasteiger partial charge < -0.3 is 35.1 Å². The molecule has 0 aliphatic heterocycles. The number of rotatable bonds is 14. The Labute approximate surface area is 210 Å². The lowest BCUT2D eigenvalue weighted by Gasteiger charge is -2.12. The summed E-state index contributed by atoms with van der Waals surface area (Å²) < 4.78 is 5.57. The Hall–Kier alpha value is -3.39. The lowest BCUT2D eigenvalue weighted by molar-refractivity contribution is 0.282. The molecule has 0 saturated heterocycles. The van der Waals surface area contributed by atoms with Crippen LogP contribution in [-0.2, 0) is 6.42 Å². The highest BCUT2D eigenvalue weighted by Crippen LogP contribution is 2.41. The molecule has 3 rings (SSSR count). The Morgan fingerprint density at radius 3 is 1.81 bits per heavy atom. The fourth-order valence-electron chi connectivity index (χ4n) is 4.42. The maximum Gasteiger partial charge on any atom is 0.235 e. The molecule has 0 spiro atoms. The van der Waals surface area contributed by atoms with E-state index in [9.17, 15) is 30.3 Å². The highest BCUT2D eigenvalue weighted by molar-refractivity contribution is 5.89. The maximum atomic E-state index is 12.8. The van der Waals surface area contributed by atoms with Crippen molar-refractivity contribution >= 4 is 11.0 Å². The maximum absolute atomic E-state index is 12.8. The van der Waals surface area contributed by atoms with Crippen LogP contribution in [0.25, 0.3) is 22.3 Å². The van der Waals surface area contributed by atoms with Gasteiger partial charge in [0.1, 0.15) is 0 Å². The van der Waals surface area contributed by atoms with Gasteiger partial charge in [0.2, 0.25) is 16.9 Å². The van der Waals surface area contributed by atoms with E-state index in [1.165, 1.54) is 50.3 Å². The topological polar surface area (TPSA) is 152 Å². The number of phenols is 4. The van der Waals surface area contributed by atoms with Crippen LogP contribution in [0.1, 0.15) is 76.2 Å². The number of aliphatic hydroxyl groups excluding tert-OH is 1. The summed E-state index contributed by atoms with van der Waals surface area (Å²) in [6, 6.07) is 5.06. The zero-order valence-corrected chi connectivity index (χ0v) is 20.5. The summed E-state index contributed by atoms with van der Waals surface area (Å²) in [5, 5.41) is 59.5. The van der Waals surface area contributed by atoms with Gasteiger partial charge in [0.05, 0.1) is 5.39 Å². The van der Waals surface area contributed by atoms with Gasteiger partial charge in [-0.25, -0.2) is 0 Å². The first kappa shape index (κ1) is 27.2. The standard InChI is InChI=1S/C28H36O8/c29-15-11-9-7-5-3-1-2-4-6-8-10-12-18-16-20-24(33)26(35)27(36-28(20)25(34)23(18)32)19-13-14-21(30)22(31)17-19/h13-14,16-17,29-32,34-35H,1-12,15H2. The van der Waals surface area contributed by atoms with Crippen molar-refractivity contribution in [1.29, 1.82) is 0 Å². The van der Waals surface area contributed by atoms with Crippen LogP contribution in [0.5, 0.6) is 28.7 Å². The van der Waals surface area contributed by atoms with E-state index in [0.29, 0.717) is 12.0 Å². The summed E-state index contributed by atoms with van der Waals surface area (Å²) in [5.41, 5.74) is -0.513. The van der Waals surface area contributed by atoms with E-state index < -0.39 is 22.7 Å². The quantitative estimate of drug-likeness (QED) is 0.120. The fourth-order valence-corrected chi connectivity index (χ4v) is 4.42. The van der Waals surface area contributed by atoms with Gasteiger partial charge in [0, 0.05) is 12.2 Å². The normalized spacial score (nSPS) is 11.4. The summed E-state index contributed by atoms with van der Waals surface area (Å²) in [5.74, 6) is -2.78. The molecule has 0 aliphatic rings. The van der Waals surface area contributed by atoms with Crippen LogP contribution < -0.4 is 5.43 Å². The van der Waals surface area contributed by atoms with E-state index in [0.717, 1.165) is 44.6 Å². The van der Waals surface area contributed by atoms with Crippen molar-refractivity contribution in [3.63, 3.8) is 0 Å². The number of benzene rings is 2. The first-order chi connectivity index (χ1) is 17.3. The average Bonchev–Trinajstić information content (AvgIpc) is 2.87. The van der Waals surface area contributed by atoms with Gasteiger partial charge in [0.15, 0.2) is 28.6 Å². The molecule has 0 fully saturated rings. The lowest BCUT2D eigenvalue weighted by Crippen LogP contribution is -2.04. The Morgan fingerprint density at radius 1 is 0.639 bits per heavy atom. The second kappa shape index (κ2) is 13.1. The molecule has 8 heteroatoms. The molecule has 0 bridgehead atoms. The summed E-state index contributed by atoms with van der Waals surface area (Å²) >= 11 is 0. The van der Waals surface area contributed by atoms with Crippen molar-refractivity contribution in [2.75, 3.05) is 6.61 Å². The predicted octanol–water partition coefficient (Wildman–Crippen LogP) is 5.81. The number of aromatic hydroxyl groups is 5. The van der Waals surface area contributed by atoms with Gasteiger partial charge in [-0.15, -0.1) is 0 Å². The van der Waals surface area contributed by atoms with Crippen LogP contribution in [0.2, 0.25) is 0 Å². The van der Waals surface area contributed by atoms with Crippen molar-refractivity contribution in [3.8, 4) is 40.1 Å². The van der Waals surface area contributed by atoms with E-state index in [-0.39, 0.29) is 40.4 Å². The molecule has 196 valence electrons. The van der Waals surface area contributed by atoms with Gasteiger partial charge in [0.25, 0.3) is 0 Å². The number of fused-ring (bicyclic) bond motifs is 1. The van der Waals surface area contributed by atoms with Crippen LogP contribution in [0, 0.1) is 0 Å². The minimum atomic E-state index is -0.772. The first-order valence-corrected chi connectivity index (χ1v) is 12.7. The Morgan fingerprint density at radius 2 is 1.22 bits per heavy atom. The molecule has 0 amide bonds. The van der Waals surface area contributed by atoms with E-state index in [2.05, 4.69) is 0 Å². The van der Waals surface area contributed by atoms with Crippen LogP contribution in [0.15, 0.2) is 33.5 Å². The lowest BCUT2D eigenvalue weighted by atomic mass is 10.0. The molecular formula is C28H36O8. The van der Waals surface area contributed by atoms with Gasteiger partial charge in [-0.3, -0.25) is 4.79 Å². The molecule has 0 aliphatic carbocycles. The van der Waals surface area contributed by atoms with Crippen LogP contribution >= 0.6 is 0 Å². The fraction of sp³-hybridized carbons (Fsp3) is 0.464. The average molecular weight is 501 g/mol. The van der Waals surface area contributed by atoms with Gasteiger partial charge in [-0.2, -0.15) is 0 Å². The minimum absolute atomic E-state index is 0.0523. The summed E-state index contributed by atoms with van der Waals surface area (Å²) in [7, 11) is 0. The summed E-state index contributed by atoms with van der Waals surface area (Å²) in [6.07, 6.45) is 12.4. The van der Waals surface area contributed by atoms with E-state index in [1.807, 2.05) is 0 Å². The zero-order chi connectivity index (χ0) is 26.1. The zero-order valence-electron chi connectivity index (χ0n) is 20.5. The molecule has 0 saturated carbocycles. The SMILES string of the molecule is O=c1c(O)c(-c2ccc(O)c(O)c2)oc2c(O)c(O)c(CCCCCCCCCCCCCO)cc12. The van der Waals surface area contributed by atoms with Gasteiger partial charge in [-0.1, -0.05) is 57.8 Å². The number of aryl methyl sites for hydroxylation is 1. The van der Waals surface area contributed by atoms with Crippen LogP contribution in [0.4, 0.5) is 0 Å². The van der Waals surface area contributed by atoms with Gasteiger partial charge >= 0.3 is 0 Å². The van der Waals surface area contributed by atoms with Gasteiger partial charge in [-0.05, 0) is 49.1 Å². The highest BCUT2D eigenvalue weighted by atomic mass is 16.4. The van der Waals surface area contributed by atoms with Crippen molar-refractivity contribution in [3.05, 3.63) is 40.1 Å². The van der Waals surface area contributed by atoms with Crippen LogP contribution in [0.3, 0.4) is 0 Å². The second-order valence-electron chi connectivity index (χ2n) is 9.28. The molecule has 1 heterocycles. The van der Waals surface area contributed by atoms with Crippen molar-refractivity contribution in [1.82, 2.24) is 0 Å². The third kappa shape index (κ3) is 6.63. The first-order valence-electron chi connectivity index (χ1n) is 12.7. The third-order valence-electron chi connectivity index (χ3n) is 6.53. The summed E-state index contributed by atoms with van der Waals surface area (Å²) in [4.78, 5) is 12.8. The molecule has 3 aromatic rings. The largest absolute Gasteiger partial charge is 0.504 e. The molecule has 8 nitrogen and oxygen atoms in total. The Balaban J connectivity index is 1.60. The molecule has 0 radical (unpaired) electrons. The molecule has 6 N–H and O–H groups in total. The van der Waals surface area contributed by atoms with Crippen molar-refractivity contribution in [2.24, 2.45) is 0 Å².